The van der Waals surface area contributed by atoms with Gasteiger partial charge in [0.1, 0.15) is 35.2 Å². The van der Waals surface area contributed by atoms with E-state index in [4.69, 9.17) is 19.5 Å². The van der Waals surface area contributed by atoms with E-state index in [0.29, 0.717) is 42.4 Å². The lowest BCUT2D eigenvalue weighted by atomic mass is 9.91. The van der Waals surface area contributed by atoms with Crippen LogP contribution in [0, 0.1) is 24.1 Å². The number of halogens is 1. The fourth-order valence-corrected chi connectivity index (χ4v) is 4.63. The largest absolute Gasteiger partial charge is 0.496 e. The van der Waals surface area contributed by atoms with Crippen molar-refractivity contribution in [2.24, 2.45) is 0 Å². The van der Waals surface area contributed by atoms with Crippen LogP contribution in [0.25, 0.3) is 11.1 Å². The van der Waals surface area contributed by atoms with Crippen molar-refractivity contribution in [3.8, 4) is 34.4 Å². The number of rotatable bonds is 9. The molecule has 1 amide bonds. The summed E-state index contributed by atoms with van der Waals surface area (Å²) in [6, 6.07) is 16.0. The molecule has 1 heterocycles. The number of nitriles is 1. The summed E-state index contributed by atoms with van der Waals surface area (Å²) in [5.74, 6) is 1.18. The van der Waals surface area contributed by atoms with Crippen LogP contribution in [-0.4, -0.2) is 32.2 Å². The van der Waals surface area contributed by atoms with E-state index >= 15 is 0 Å². The van der Waals surface area contributed by atoms with Crippen LogP contribution in [0.1, 0.15) is 37.8 Å². The SMILES string of the molecule is COc1cc(OCCCC#N)ccc1-c1ccc2c(c1COc1cc(F)ccc1C)N(C)C(=O)C(C)(C)N2. The van der Waals surface area contributed by atoms with Gasteiger partial charge in [0.05, 0.1) is 31.2 Å². The predicted octanol–water partition coefficient (Wildman–Crippen LogP) is 6.24. The number of nitrogens with zero attached hydrogens (tertiary/aromatic N) is 2. The third-order valence-corrected chi connectivity index (χ3v) is 6.59. The smallest absolute Gasteiger partial charge is 0.251 e. The minimum Gasteiger partial charge on any atom is -0.496 e. The van der Waals surface area contributed by atoms with Crippen LogP contribution >= 0.6 is 0 Å². The Hall–Kier alpha value is -4.25. The number of hydrogen-bond donors (Lipinski definition) is 1. The number of ether oxygens (including phenoxy) is 3. The summed E-state index contributed by atoms with van der Waals surface area (Å²) in [6.45, 7) is 6.06. The van der Waals surface area contributed by atoms with Gasteiger partial charge in [0, 0.05) is 36.7 Å². The van der Waals surface area contributed by atoms with Crippen LogP contribution in [0.3, 0.4) is 0 Å². The lowest BCUT2D eigenvalue weighted by molar-refractivity contribution is -0.121. The summed E-state index contributed by atoms with van der Waals surface area (Å²) < 4.78 is 31.6. The second-order valence-corrected chi connectivity index (χ2v) is 9.77. The molecule has 8 heteroatoms. The van der Waals surface area contributed by atoms with Crippen molar-refractivity contribution < 1.29 is 23.4 Å². The van der Waals surface area contributed by atoms with Crippen molar-refractivity contribution in [1.82, 2.24) is 0 Å². The summed E-state index contributed by atoms with van der Waals surface area (Å²) in [7, 11) is 3.34. The quantitative estimate of drug-likeness (QED) is 0.339. The Morgan fingerprint density at radius 1 is 1.05 bits per heavy atom. The Kier molecular flexibility index (Phi) is 7.77. The minimum absolute atomic E-state index is 0.0848. The Morgan fingerprint density at radius 3 is 2.55 bits per heavy atom. The van der Waals surface area contributed by atoms with Gasteiger partial charge in [0.2, 0.25) is 0 Å². The number of benzene rings is 3. The van der Waals surface area contributed by atoms with E-state index in [1.165, 1.54) is 12.1 Å². The molecule has 0 spiro atoms. The molecule has 0 aromatic heterocycles. The number of unbranched alkanes of at least 4 members (excludes halogenated alkanes) is 1. The zero-order valence-electron chi connectivity index (χ0n) is 22.4. The molecule has 3 aromatic carbocycles. The highest BCUT2D eigenvalue weighted by Crippen LogP contribution is 2.45. The van der Waals surface area contributed by atoms with E-state index < -0.39 is 5.54 Å². The van der Waals surface area contributed by atoms with Gasteiger partial charge in [-0.05, 0) is 62.6 Å². The number of likely N-dealkylation sites (N-methyl/N-ethyl adjacent to an activating group) is 1. The molecule has 1 N–H and O–H groups in total. The molecular formula is C30H32FN3O4. The van der Waals surface area contributed by atoms with Crippen LogP contribution < -0.4 is 24.4 Å². The summed E-state index contributed by atoms with van der Waals surface area (Å²) in [5, 5.41) is 12.1. The van der Waals surface area contributed by atoms with E-state index in [0.717, 1.165) is 27.9 Å². The van der Waals surface area contributed by atoms with Gasteiger partial charge in [0.25, 0.3) is 5.91 Å². The molecule has 0 fully saturated rings. The second kappa shape index (κ2) is 11.0. The average molecular weight is 518 g/mol. The number of methoxy groups -OCH3 is 1. The van der Waals surface area contributed by atoms with Gasteiger partial charge in [-0.15, -0.1) is 0 Å². The van der Waals surface area contributed by atoms with Crippen LogP contribution in [0.15, 0.2) is 48.5 Å². The number of nitrogens with one attached hydrogen (secondary N) is 1. The maximum atomic E-state index is 14.0. The monoisotopic (exact) mass is 517 g/mol. The molecular weight excluding hydrogens is 485 g/mol. The number of aryl methyl sites for hydroxylation is 1. The van der Waals surface area contributed by atoms with Crippen molar-refractivity contribution in [2.75, 3.05) is 31.0 Å². The van der Waals surface area contributed by atoms with Gasteiger partial charge in [-0.3, -0.25) is 4.79 Å². The number of anilines is 2. The number of fused-ring (bicyclic) bond motifs is 1. The molecule has 7 nitrogen and oxygen atoms in total. The zero-order chi connectivity index (χ0) is 27.4. The Balaban J connectivity index is 1.79. The van der Waals surface area contributed by atoms with Gasteiger partial charge in [-0.2, -0.15) is 5.26 Å². The van der Waals surface area contributed by atoms with Crippen LogP contribution in [0.4, 0.5) is 15.8 Å². The highest BCUT2D eigenvalue weighted by atomic mass is 19.1. The lowest BCUT2D eigenvalue weighted by Crippen LogP contribution is -2.52. The Morgan fingerprint density at radius 2 is 1.82 bits per heavy atom. The van der Waals surface area contributed by atoms with Gasteiger partial charge in [-0.1, -0.05) is 12.1 Å². The predicted molar refractivity (Wildman–Crippen MR) is 145 cm³/mol. The third-order valence-electron chi connectivity index (χ3n) is 6.59. The van der Waals surface area contributed by atoms with E-state index in [2.05, 4.69) is 11.4 Å². The molecule has 0 radical (unpaired) electrons. The van der Waals surface area contributed by atoms with E-state index in [1.807, 2.05) is 45.0 Å². The highest BCUT2D eigenvalue weighted by Gasteiger charge is 2.38. The molecule has 0 saturated carbocycles. The van der Waals surface area contributed by atoms with Gasteiger partial charge in [-0.25, -0.2) is 4.39 Å². The zero-order valence-corrected chi connectivity index (χ0v) is 22.4. The number of carbonyl (C=O) groups is 1. The standard InChI is InChI=1S/C30H32FN3O4/c1-19-8-9-20(31)16-26(19)38-18-24-22(12-13-25-28(24)34(4)29(35)30(2,3)33-25)23-11-10-21(17-27(23)36-5)37-15-7-6-14-32/h8-13,16-17,33H,6-7,15,18H2,1-5H3. The topological polar surface area (TPSA) is 83.8 Å². The van der Waals surface area contributed by atoms with Crippen molar-refractivity contribution in [3.05, 3.63) is 65.5 Å². The Bertz CT molecular complexity index is 1400. The molecule has 1 aliphatic heterocycles. The summed E-state index contributed by atoms with van der Waals surface area (Å²) in [4.78, 5) is 14.9. The molecule has 0 saturated heterocycles. The average Bonchev–Trinajstić information content (AvgIpc) is 2.90. The highest BCUT2D eigenvalue weighted by molar-refractivity contribution is 6.08. The molecule has 198 valence electrons. The molecule has 38 heavy (non-hydrogen) atoms. The lowest BCUT2D eigenvalue weighted by Gasteiger charge is -2.39. The summed E-state index contributed by atoms with van der Waals surface area (Å²) in [5.41, 5.74) is 3.88. The molecule has 0 bridgehead atoms. The normalized spacial score (nSPS) is 13.8. The molecule has 0 atom stereocenters. The van der Waals surface area contributed by atoms with E-state index in [1.54, 1.807) is 31.2 Å². The van der Waals surface area contributed by atoms with Crippen LogP contribution in [0.5, 0.6) is 17.2 Å². The van der Waals surface area contributed by atoms with Crippen molar-refractivity contribution in [1.29, 1.82) is 5.26 Å². The molecule has 0 aliphatic carbocycles. The van der Waals surface area contributed by atoms with Gasteiger partial charge < -0.3 is 24.4 Å². The first kappa shape index (κ1) is 26.8. The first-order valence-electron chi connectivity index (χ1n) is 12.5. The molecule has 4 rings (SSSR count). The fraction of sp³-hybridized carbons (Fsp3) is 0.333. The summed E-state index contributed by atoms with van der Waals surface area (Å²) in [6.07, 6.45) is 1.06. The molecule has 1 aliphatic rings. The maximum Gasteiger partial charge on any atom is 0.251 e. The van der Waals surface area contributed by atoms with Crippen molar-refractivity contribution >= 4 is 17.3 Å². The minimum atomic E-state index is -0.775. The van der Waals surface area contributed by atoms with E-state index in [-0.39, 0.29) is 18.3 Å². The summed E-state index contributed by atoms with van der Waals surface area (Å²) >= 11 is 0. The third kappa shape index (κ3) is 5.37. The van der Waals surface area contributed by atoms with Crippen molar-refractivity contribution in [3.63, 3.8) is 0 Å². The maximum absolute atomic E-state index is 14.0. The Labute approximate surface area is 222 Å². The van der Waals surface area contributed by atoms with Crippen LogP contribution in [-0.2, 0) is 11.4 Å². The number of carbonyl (C=O) groups excluding carboxylic acids is 1. The molecule has 0 unspecified atom stereocenters. The fourth-order valence-electron chi connectivity index (χ4n) is 4.63. The number of amides is 1. The first-order chi connectivity index (χ1) is 18.2. The van der Waals surface area contributed by atoms with E-state index in [9.17, 15) is 9.18 Å². The van der Waals surface area contributed by atoms with Gasteiger partial charge >= 0.3 is 0 Å². The van der Waals surface area contributed by atoms with Crippen LogP contribution in [0.2, 0.25) is 0 Å². The molecule has 3 aromatic rings. The van der Waals surface area contributed by atoms with Crippen molar-refractivity contribution in [2.45, 2.75) is 45.8 Å². The first-order valence-corrected chi connectivity index (χ1v) is 12.5. The second-order valence-electron chi connectivity index (χ2n) is 9.77. The van der Waals surface area contributed by atoms with Gasteiger partial charge in [0.15, 0.2) is 0 Å². The number of hydrogen-bond acceptors (Lipinski definition) is 6.